The highest BCUT2D eigenvalue weighted by atomic mass is 16.1. The SMILES string of the molecule is Cc1[nH]c2[nH]n(-c3ccccc3)c(=O)c2c(=O)c1Cc1ccc(C(C)C)cc1. The number of H-pyrrole nitrogens is 2. The van der Waals surface area contributed by atoms with Crippen molar-refractivity contribution in [2.24, 2.45) is 0 Å². The third-order valence-electron chi connectivity index (χ3n) is 5.20. The van der Waals surface area contributed by atoms with Crippen molar-refractivity contribution in [3.8, 4) is 5.69 Å². The summed E-state index contributed by atoms with van der Waals surface area (Å²) in [4.78, 5) is 29.2. The number of benzene rings is 2. The molecule has 5 heteroatoms. The van der Waals surface area contributed by atoms with E-state index in [1.807, 2.05) is 37.3 Å². The van der Waals surface area contributed by atoms with E-state index in [0.717, 1.165) is 11.3 Å². The van der Waals surface area contributed by atoms with Gasteiger partial charge in [0, 0.05) is 17.7 Å². The molecular formula is C23H23N3O2. The summed E-state index contributed by atoms with van der Waals surface area (Å²) >= 11 is 0. The highest BCUT2D eigenvalue weighted by Crippen LogP contribution is 2.17. The quantitative estimate of drug-likeness (QED) is 0.567. The molecule has 0 fully saturated rings. The standard InChI is InChI=1S/C23H23N3O2/c1-14(2)17-11-9-16(10-12-17)13-19-15(3)24-22-20(21(19)27)23(28)26(25-22)18-7-5-4-6-8-18/h4-12,14H,13H2,1-3H3,(H2,24,25,27). The van der Waals surface area contributed by atoms with Gasteiger partial charge < -0.3 is 4.98 Å². The van der Waals surface area contributed by atoms with E-state index >= 15 is 0 Å². The van der Waals surface area contributed by atoms with Crippen molar-refractivity contribution in [2.45, 2.75) is 33.1 Å². The van der Waals surface area contributed by atoms with Crippen molar-refractivity contribution in [1.29, 1.82) is 0 Å². The van der Waals surface area contributed by atoms with E-state index in [4.69, 9.17) is 0 Å². The predicted molar refractivity (Wildman–Crippen MR) is 113 cm³/mol. The Kier molecular flexibility index (Phi) is 4.51. The number of hydrogen-bond donors (Lipinski definition) is 2. The average Bonchev–Trinajstić information content (AvgIpc) is 3.02. The molecule has 0 bridgehead atoms. The summed E-state index contributed by atoms with van der Waals surface area (Å²) in [7, 11) is 0. The third kappa shape index (κ3) is 3.09. The van der Waals surface area contributed by atoms with Gasteiger partial charge in [-0.1, -0.05) is 56.3 Å². The molecule has 0 saturated carbocycles. The summed E-state index contributed by atoms with van der Waals surface area (Å²) in [6.45, 7) is 6.18. The minimum absolute atomic E-state index is 0.170. The molecule has 2 aromatic carbocycles. The zero-order valence-electron chi connectivity index (χ0n) is 16.2. The Hall–Kier alpha value is -3.34. The molecule has 0 aliphatic rings. The Labute approximate surface area is 162 Å². The molecule has 0 atom stereocenters. The number of aromatic amines is 2. The van der Waals surface area contributed by atoms with E-state index in [1.54, 1.807) is 0 Å². The molecule has 4 aromatic rings. The summed E-state index contributed by atoms with van der Waals surface area (Å²) < 4.78 is 1.41. The molecule has 4 rings (SSSR count). The topological polar surface area (TPSA) is 70.7 Å². The number of pyridine rings is 1. The van der Waals surface area contributed by atoms with Crippen LogP contribution in [0.3, 0.4) is 0 Å². The molecule has 2 N–H and O–H groups in total. The van der Waals surface area contributed by atoms with Crippen molar-refractivity contribution in [1.82, 2.24) is 14.8 Å². The number of aromatic nitrogens is 3. The Balaban J connectivity index is 1.81. The van der Waals surface area contributed by atoms with Crippen LogP contribution in [0, 0.1) is 6.92 Å². The predicted octanol–water partition coefficient (Wildman–Crippen LogP) is 4.03. The van der Waals surface area contributed by atoms with Crippen molar-refractivity contribution < 1.29 is 0 Å². The normalized spacial score (nSPS) is 11.4. The van der Waals surface area contributed by atoms with E-state index in [9.17, 15) is 9.59 Å². The Bertz CT molecular complexity index is 1240. The fraction of sp³-hybridized carbons (Fsp3) is 0.217. The average molecular weight is 373 g/mol. The van der Waals surface area contributed by atoms with E-state index in [2.05, 4.69) is 48.2 Å². The van der Waals surface area contributed by atoms with E-state index in [1.165, 1.54) is 10.2 Å². The van der Waals surface area contributed by atoms with Gasteiger partial charge in [0.25, 0.3) is 5.56 Å². The van der Waals surface area contributed by atoms with Crippen LogP contribution in [0.25, 0.3) is 16.7 Å². The van der Waals surface area contributed by atoms with Crippen LogP contribution in [0.1, 0.15) is 42.1 Å². The Morgan fingerprint density at radius 1 is 0.964 bits per heavy atom. The molecule has 142 valence electrons. The maximum atomic E-state index is 13.1. The Morgan fingerprint density at radius 2 is 1.64 bits per heavy atom. The lowest BCUT2D eigenvalue weighted by atomic mass is 9.98. The molecule has 2 aromatic heterocycles. The highest BCUT2D eigenvalue weighted by Gasteiger charge is 2.17. The minimum atomic E-state index is -0.334. The van der Waals surface area contributed by atoms with Crippen LogP contribution in [0.5, 0.6) is 0 Å². The molecule has 0 amide bonds. The van der Waals surface area contributed by atoms with Crippen molar-refractivity contribution in [3.05, 3.63) is 97.6 Å². The molecule has 0 spiro atoms. The number of nitrogens with zero attached hydrogens (tertiary/aromatic N) is 1. The second kappa shape index (κ2) is 7.00. The van der Waals surface area contributed by atoms with Crippen LogP contribution in [0.4, 0.5) is 0 Å². The number of nitrogens with one attached hydrogen (secondary N) is 2. The molecule has 0 unspecified atom stereocenters. The van der Waals surface area contributed by atoms with Crippen molar-refractivity contribution in [2.75, 3.05) is 0 Å². The molecule has 0 aliphatic heterocycles. The van der Waals surface area contributed by atoms with E-state index in [-0.39, 0.29) is 16.4 Å². The van der Waals surface area contributed by atoms with Crippen LogP contribution in [-0.2, 0) is 6.42 Å². The molecule has 0 radical (unpaired) electrons. The van der Waals surface area contributed by atoms with Crippen LogP contribution in [0.2, 0.25) is 0 Å². The van der Waals surface area contributed by atoms with Gasteiger partial charge in [0.1, 0.15) is 11.0 Å². The monoisotopic (exact) mass is 373 g/mol. The molecular weight excluding hydrogens is 350 g/mol. The summed E-state index contributed by atoms with van der Waals surface area (Å²) in [6, 6.07) is 17.5. The van der Waals surface area contributed by atoms with Gasteiger partial charge in [-0.3, -0.25) is 14.7 Å². The van der Waals surface area contributed by atoms with Crippen LogP contribution in [-0.4, -0.2) is 14.8 Å². The maximum Gasteiger partial charge on any atom is 0.284 e. The fourth-order valence-electron chi connectivity index (χ4n) is 3.52. The lowest BCUT2D eigenvalue weighted by molar-refractivity contribution is 0.857. The summed E-state index contributed by atoms with van der Waals surface area (Å²) in [5.41, 5.74) is 4.31. The van der Waals surface area contributed by atoms with Gasteiger partial charge in [0.15, 0.2) is 5.43 Å². The lowest BCUT2D eigenvalue weighted by Gasteiger charge is -2.08. The van der Waals surface area contributed by atoms with Gasteiger partial charge in [-0.15, -0.1) is 0 Å². The minimum Gasteiger partial charge on any atom is -0.343 e. The second-order valence-corrected chi connectivity index (χ2v) is 7.47. The van der Waals surface area contributed by atoms with Crippen LogP contribution in [0.15, 0.2) is 64.2 Å². The number of aryl methyl sites for hydroxylation is 1. The molecule has 0 aliphatic carbocycles. The Morgan fingerprint density at radius 3 is 2.29 bits per heavy atom. The third-order valence-corrected chi connectivity index (χ3v) is 5.20. The maximum absolute atomic E-state index is 13.1. The fourth-order valence-corrected chi connectivity index (χ4v) is 3.52. The van der Waals surface area contributed by atoms with E-state index < -0.39 is 0 Å². The number of para-hydroxylation sites is 1. The van der Waals surface area contributed by atoms with Gasteiger partial charge in [0.05, 0.1) is 5.69 Å². The van der Waals surface area contributed by atoms with Gasteiger partial charge in [-0.25, -0.2) is 4.68 Å². The zero-order valence-corrected chi connectivity index (χ0v) is 16.2. The van der Waals surface area contributed by atoms with Crippen molar-refractivity contribution in [3.63, 3.8) is 0 Å². The number of hydrogen-bond acceptors (Lipinski definition) is 2. The first-order valence-electron chi connectivity index (χ1n) is 9.46. The lowest BCUT2D eigenvalue weighted by Crippen LogP contribution is -2.21. The molecule has 28 heavy (non-hydrogen) atoms. The number of rotatable bonds is 4. The van der Waals surface area contributed by atoms with Gasteiger partial charge in [-0.05, 0) is 36.1 Å². The summed E-state index contributed by atoms with van der Waals surface area (Å²) in [5.74, 6) is 0.465. The summed E-state index contributed by atoms with van der Waals surface area (Å²) in [6.07, 6.45) is 0.492. The first kappa shape index (κ1) is 18.0. The van der Waals surface area contributed by atoms with Gasteiger partial charge in [0.2, 0.25) is 0 Å². The smallest absolute Gasteiger partial charge is 0.284 e. The molecule has 5 nitrogen and oxygen atoms in total. The largest absolute Gasteiger partial charge is 0.343 e. The van der Waals surface area contributed by atoms with E-state index in [0.29, 0.717) is 29.2 Å². The first-order chi connectivity index (χ1) is 13.5. The zero-order chi connectivity index (χ0) is 19.8. The van der Waals surface area contributed by atoms with Crippen molar-refractivity contribution >= 4 is 11.0 Å². The van der Waals surface area contributed by atoms with Crippen LogP contribution < -0.4 is 11.0 Å². The number of fused-ring (bicyclic) bond motifs is 1. The second-order valence-electron chi connectivity index (χ2n) is 7.47. The first-order valence-corrected chi connectivity index (χ1v) is 9.46. The van der Waals surface area contributed by atoms with Gasteiger partial charge >= 0.3 is 0 Å². The molecule has 2 heterocycles. The summed E-state index contributed by atoms with van der Waals surface area (Å²) in [5, 5.41) is 3.19. The van der Waals surface area contributed by atoms with Crippen LogP contribution >= 0.6 is 0 Å². The molecule has 0 saturated heterocycles. The van der Waals surface area contributed by atoms with Gasteiger partial charge in [-0.2, -0.15) is 0 Å². The highest BCUT2D eigenvalue weighted by molar-refractivity contribution is 5.75.